The average molecular weight is 417 g/mol. The third kappa shape index (κ3) is 6.08. The Hall–Kier alpha value is -2.84. The Balaban J connectivity index is 1.46. The Morgan fingerprint density at radius 2 is 1.93 bits per heavy atom. The number of methoxy groups -OCH3 is 1. The maximum absolute atomic E-state index is 13.4. The van der Waals surface area contributed by atoms with Crippen LogP contribution in [-0.2, 0) is 4.79 Å². The molecule has 1 heterocycles. The van der Waals surface area contributed by atoms with Crippen molar-refractivity contribution in [3.05, 3.63) is 48.3 Å². The lowest BCUT2D eigenvalue weighted by atomic mass is 10.2. The molecule has 1 unspecified atom stereocenters. The lowest BCUT2D eigenvalue weighted by Crippen LogP contribution is -2.49. The van der Waals surface area contributed by atoms with E-state index in [1.807, 2.05) is 6.07 Å². The van der Waals surface area contributed by atoms with Gasteiger partial charge in [-0.3, -0.25) is 9.69 Å². The second kappa shape index (κ2) is 10.3. The standard InChI is InChI=1S/C22H28FN3O4/c1-16(27)24-18-6-7-21(22(13-18)29-2)30-15-20(28)14-25-8-10-26(11-9-25)19-5-3-4-17(23)12-19/h3-7,12-13,20,28H,8-11,14-15H2,1-2H3,(H,24,27). The predicted molar refractivity (Wildman–Crippen MR) is 114 cm³/mol. The van der Waals surface area contributed by atoms with Crippen LogP contribution >= 0.6 is 0 Å². The quantitative estimate of drug-likeness (QED) is 0.687. The summed E-state index contributed by atoms with van der Waals surface area (Å²) in [6, 6.07) is 11.7. The number of carbonyl (C=O) groups is 1. The molecule has 162 valence electrons. The number of rotatable bonds is 8. The molecule has 0 aromatic heterocycles. The van der Waals surface area contributed by atoms with E-state index in [2.05, 4.69) is 15.1 Å². The predicted octanol–water partition coefficient (Wildman–Crippen LogP) is 2.35. The largest absolute Gasteiger partial charge is 0.493 e. The van der Waals surface area contributed by atoms with Crippen LogP contribution in [0.15, 0.2) is 42.5 Å². The zero-order chi connectivity index (χ0) is 21.5. The van der Waals surface area contributed by atoms with Crippen molar-refractivity contribution in [2.45, 2.75) is 13.0 Å². The monoisotopic (exact) mass is 417 g/mol. The Bertz CT molecular complexity index is 856. The summed E-state index contributed by atoms with van der Waals surface area (Å²) in [7, 11) is 1.52. The van der Waals surface area contributed by atoms with Crippen molar-refractivity contribution in [1.29, 1.82) is 0 Å². The van der Waals surface area contributed by atoms with Crippen molar-refractivity contribution < 1.29 is 23.8 Å². The topological polar surface area (TPSA) is 74.3 Å². The van der Waals surface area contributed by atoms with Gasteiger partial charge < -0.3 is 24.8 Å². The molecule has 8 heteroatoms. The smallest absolute Gasteiger partial charge is 0.221 e. The van der Waals surface area contributed by atoms with Crippen LogP contribution in [0.5, 0.6) is 11.5 Å². The maximum Gasteiger partial charge on any atom is 0.221 e. The van der Waals surface area contributed by atoms with Crippen molar-refractivity contribution in [3.8, 4) is 11.5 Å². The molecule has 3 rings (SSSR count). The van der Waals surface area contributed by atoms with Gasteiger partial charge in [0.1, 0.15) is 18.5 Å². The Labute approximate surface area is 176 Å². The zero-order valence-electron chi connectivity index (χ0n) is 17.3. The number of hydrogen-bond acceptors (Lipinski definition) is 6. The normalized spacial score (nSPS) is 15.5. The van der Waals surface area contributed by atoms with Gasteiger partial charge >= 0.3 is 0 Å². The van der Waals surface area contributed by atoms with Crippen LogP contribution in [0.1, 0.15) is 6.92 Å². The molecule has 0 bridgehead atoms. The lowest BCUT2D eigenvalue weighted by molar-refractivity contribution is -0.114. The molecule has 2 aromatic rings. The molecule has 1 saturated heterocycles. The summed E-state index contributed by atoms with van der Waals surface area (Å²) in [5, 5.41) is 13.1. The molecule has 1 aliphatic rings. The number of benzene rings is 2. The highest BCUT2D eigenvalue weighted by atomic mass is 19.1. The SMILES string of the molecule is COc1cc(NC(C)=O)ccc1OCC(O)CN1CCN(c2cccc(F)c2)CC1. The van der Waals surface area contributed by atoms with Gasteiger partial charge in [0.05, 0.1) is 7.11 Å². The number of ether oxygens (including phenoxy) is 2. The molecule has 1 atom stereocenters. The summed E-state index contributed by atoms with van der Waals surface area (Å²) in [6.45, 7) is 5.16. The number of amides is 1. The first-order valence-electron chi connectivity index (χ1n) is 9.94. The molecule has 0 spiro atoms. The first-order valence-corrected chi connectivity index (χ1v) is 9.94. The second-order valence-electron chi connectivity index (χ2n) is 7.28. The van der Waals surface area contributed by atoms with Gasteiger partial charge in [-0.25, -0.2) is 4.39 Å². The number of β-amino-alcohol motifs (C(OH)–C–C–N with tert-alkyl or cyclic N) is 1. The molecule has 2 aromatic carbocycles. The fourth-order valence-corrected chi connectivity index (χ4v) is 3.47. The van der Waals surface area contributed by atoms with Crippen LogP contribution in [-0.4, -0.2) is 68.5 Å². The van der Waals surface area contributed by atoms with Gasteiger partial charge in [0.2, 0.25) is 5.91 Å². The first-order chi connectivity index (χ1) is 14.4. The summed E-state index contributed by atoms with van der Waals surface area (Å²) in [5.41, 5.74) is 1.50. The van der Waals surface area contributed by atoms with E-state index < -0.39 is 6.10 Å². The van der Waals surface area contributed by atoms with Gasteiger partial charge in [0, 0.05) is 57.1 Å². The number of hydrogen-bond donors (Lipinski definition) is 2. The minimum absolute atomic E-state index is 0.125. The van der Waals surface area contributed by atoms with E-state index in [1.165, 1.54) is 20.1 Å². The molecule has 0 aliphatic carbocycles. The first kappa shape index (κ1) is 21.9. The number of nitrogens with zero attached hydrogens (tertiary/aromatic N) is 2. The van der Waals surface area contributed by atoms with Crippen molar-refractivity contribution in [1.82, 2.24) is 4.90 Å². The second-order valence-corrected chi connectivity index (χ2v) is 7.28. The number of aliphatic hydroxyl groups is 1. The van der Waals surface area contributed by atoms with E-state index >= 15 is 0 Å². The Kier molecular flexibility index (Phi) is 7.48. The Morgan fingerprint density at radius 3 is 2.60 bits per heavy atom. The van der Waals surface area contributed by atoms with E-state index in [0.717, 1.165) is 31.9 Å². The molecule has 0 saturated carbocycles. The van der Waals surface area contributed by atoms with Crippen molar-refractivity contribution in [3.63, 3.8) is 0 Å². The molecule has 7 nitrogen and oxygen atoms in total. The minimum Gasteiger partial charge on any atom is -0.493 e. The fourth-order valence-electron chi connectivity index (χ4n) is 3.47. The highest BCUT2D eigenvalue weighted by Crippen LogP contribution is 2.30. The van der Waals surface area contributed by atoms with Crippen LogP contribution < -0.4 is 19.7 Å². The number of anilines is 2. The summed E-state index contributed by atoms with van der Waals surface area (Å²) >= 11 is 0. The van der Waals surface area contributed by atoms with Crippen molar-refractivity contribution in [2.24, 2.45) is 0 Å². The number of nitrogens with one attached hydrogen (secondary N) is 1. The van der Waals surface area contributed by atoms with E-state index in [4.69, 9.17) is 9.47 Å². The molecular weight excluding hydrogens is 389 g/mol. The van der Waals surface area contributed by atoms with Crippen molar-refractivity contribution >= 4 is 17.3 Å². The zero-order valence-corrected chi connectivity index (χ0v) is 17.3. The molecule has 1 fully saturated rings. The third-order valence-electron chi connectivity index (χ3n) is 4.93. The summed E-state index contributed by atoms with van der Waals surface area (Å²) in [4.78, 5) is 15.5. The number of piperazine rings is 1. The van der Waals surface area contributed by atoms with Crippen LogP contribution in [0.3, 0.4) is 0 Å². The van der Waals surface area contributed by atoms with Gasteiger partial charge in [-0.05, 0) is 30.3 Å². The van der Waals surface area contributed by atoms with Gasteiger partial charge in [-0.2, -0.15) is 0 Å². The van der Waals surface area contributed by atoms with E-state index in [1.54, 1.807) is 30.3 Å². The number of aliphatic hydroxyl groups excluding tert-OH is 1. The number of carbonyl (C=O) groups excluding carboxylic acids is 1. The lowest BCUT2D eigenvalue weighted by Gasteiger charge is -2.36. The van der Waals surface area contributed by atoms with Crippen LogP contribution in [0.4, 0.5) is 15.8 Å². The molecular formula is C22H28FN3O4. The fraction of sp³-hybridized carbons (Fsp3) is 0.409. The van der Waals surface area contributed by atoms with Crippen LogP contribution in [0.25, 0.3) is 0 Å². The van der Waals surface area contributed by atoms with Crippen LogP contribution in [0, 0.1) is 5.82 Å². The van der Waals surface area contributed by atoms with Gasteiger partial charge in [-0.15, -0.1) is 0 Å². The minimum atomic E-state index is -0.662. The number of halogens is 1. The van der Waals surface area contributed by atoms with Crippen molar-refractivity contribution in [2.75, 3.05) is 56.7 Å². The van der Waals surface area contributed by atoms with E-state index in [9.17, 15) is 14.3 Å². The molecule has 30 heavy (non-hydrogen) atoms. The summed E-state index contributed by atoms with van der Waals surface area (Å²) in [6.07, 6.45) is -0.662. The highest BCUT2D eigenvalue weighted by Gasteiger charge is 2.20. The molecule has 1 amide bonds. The van der Waals surface area contributed by atoms with Gasteiger partial charge in [-0.1, -0.05) is 6.07 Å². The van der Waals surface area contributed by atoms with Gasteiger partial charge in [0.15, 0.2) is 11.5 Å². The summed E-state index contributed by atoms with van der Waals surface area (Å²) in [5.74, 6) is 0.584. The molecule has 1 aliphatic heterocycles. The molecule has 2 N–H and O–H groups in total. The Morgan fingerprint density at radius 1 is 1.17 bits per heavy atom. The molecule has 0 radical (unpaired) electrons. The van der Waals surface area contributed by atoms with E-state index in [0.29, 0.717) is 23.7 Å². The highest BCUT2D eigenvalue weighted by molar-refractivity contribution is 5.89. The third-order valence-corrected chi connectivity index (χ3v) is 4.93. The van der Waals surface area contributed by atoms with E-state index in [-0.39, 0.29) is 18.3 Å². The maximum atomic E-state index is 13.4. The average Bonchev–Trinajstić information content (AvgIpc) is 2.73. The van der Waals surface area contributed by atoms with Gasteiger partial charge in [0.25, 0.3) is 0 Å². The van der Waals surface area contributed by atoms with Crippen LogP contribution in [0.2, 0.25) is 0 Å². The summed E-state index contributed by atoms with van der Waals surface area (Å²) < 4.78 is 24.5.